The normalized spacial score (nSPS) is 15.2. The molecule has 5 aromatic carbocycles. The summed E-state index contributed by atoms with van der Waals surface area (Å²) in [6.07, 6.45) is 8.55. The van der Waals surface area contributed by atoms with Crippen molar-refractivity contribution in [3.63, 3.8) is 0 Å². The van der Waals surface area contributed by atoms with Crippen LogP contribution in [0.4, 0.5) is 0 Å². The van der Waals surface area contributed by atoms with E-state index in [0.717, 1.165) is 21.9 Å². The fourth-order valence-corrected chi connectivity index (χ4v) is 6.99. The smallest absolute Gasteiger partial charge is 0.310 e. The summed E-state index contributed by atoms with van der Waals surface area (Å²) in [4.78, 5) is 0. The average molecular weight is 513 g/mol. The molecule has 1 aliphatic carbocycles. The van der Waals surface area contributed by atoms with Crippen molar-refractivity contribution < 1.29 is 8.39 Å². The number of benzene rings is 5. The lowest BCUT2D eigenvalue weighted by Gasteiger charge is -2.29. The van der Waals surface area contributed by atoms with Crippen molar-refractivity contribution in [3.05, 3.63) is 140 Å². The molecule has 1 fully saturated rings. The fraction of sp³-hybridized carbons (Fsp3) is 0.0882. The third-order valence-corrected chi connectivity index (χ3v) is 9.01. The maximum Gasteiger partial charge on any atom is 0.310 e. The van der Waals surface area contributed by atoms with E-state index < -0.39 is 8.16 Å². The van der Waals surface area contributed by atoms with E-state index in [1.165, 1.54) is 33.0 Å². The Kier molecular flexibility index (Phi) is 6.20. The fourth-order valence-electron chi connectivity index (χ4n) is 5.41. The van der Waals surface area contributed by atoms with Crippen molar-refractivity contribution in [1.82, 2.24) is 0 Å². The van der Waals surface area contributed by atoms with Crippen LogP contribution in [0.5, 0.6) is 0 Å². The van der Waals surface area contributed by atoms with Crippen LogP contribution in [0.25, 0.3) is 43.5 Å². The summed E-state index contributed by atoms with van der Waals surface area (Å²) in [6, 6.07) is 36.3. The van der Waals surface area contributed by atoms with Gasteiger partial charge in [0.05, 0.1) is 0 Å². The SMILES string of the molecule is C[C@H]([C]1[CH][CH][CH][CH]1)N(Cc1ccccc1)p1oc2ccc3ccccc3c2c2c(ccc3ccccc32)o1. The van der Waals surface area contributed by atoms with Gasteiger partial charge in [-0.3, -0.25) is 0 Å². The average Bonchev–Trinajstić information content (AvgIpc) is 3.45. The summed E-state index contributed by atoms with van der Waals surface area (Å²) in [6.45, 7) is 2.95. The Labute approximate surface area is 224 Å². The molecule has 7 rings (SSSR count). The van der Waals surface area contributed by atoms with Gasteiger partial charge in [0, 0.05) is 29.3 Å². The molecule has 6 aromatic rings. The number of hydrogen-bond donors (Lipinski definition) is 0. The van der Waals surface area contributed by atoms with E-state index in [1.807, 2.05) is 0 Å². The molecule has 1 atom stereocenters. The van der Waals surface area contributed by atoms with Crippen LogP contribution in [0.2, 0.25) is 0 Å². The van der Waals surface area contributed by atoms with Gasteiger partial charge < -0.3 is 8.39 Å². The van der Waals surface area contributed by atoms with Crippen LogP contribution in [-0.2, 0) is 6.54 Å². The number of nitrogens with zero attached hydrogens (tertiary/aromatic N) is 1. The first-order valence-corrected chi connectivity index (χ1v) is 14.1. The van der Waals surface area contributed by atoms with Crippen LogP contribution in [0, 0.1) is 31.6 Å². The van der Waals surface area contributed by atoms with Gasteiger partial charge in [-0.15, -0.1) is 0 Å². The molecule has 0 saturated heterocycles. The Morgan fingerprint density at radius 1 is 0.632 bits per heavy atom. The molecule has 5 radical (unpaired) electrons. The molecule has 38 heavy (non-hydrogen) atoms. The number of rotatable bonds is 5. The van der Waals surface area contributed by atoms with Crippen LogP contribution >= 0.6 is 8.16 Å². The molecule has 4 heteroatoms. The van der Waals surface area contributed by atoms with E-state index in [-0.39, 0.29) is 6.04 Å². The maximum absolute atomic E-state index is 6.92. The van der Waals surface area contributed by atoms with Crippen LogP contribution in [0.15, 0.2) is 112 Å². The lowest BCUT2D eigenvalue weighted by Crippen LogP contribution is -2.34. The van der Waals surface area contributed by atoms with Gasteiger partial charge in [-0.1, -0.05) is 91.0 Å². The molecule has 0 bridgehead atoms. The molecule has 1 heterocycles. The Balaban J connectivity index is 1.55. The summed E-state index contributed by atoms with van der Waals surface area (Å²) in [5.41, 5.74) is 2.94. The lowest BCUT2D eigenvalue weighted by atomic mass is 9.99. The minimum atomic E-state index is -1.48. The van der Waals surface area contributed by atoms with Crippen molar-refractivity contribution in [2.75, 3.05) is 4.67 Å². The highest BCUT2D eigenvalue weighted by atomic mass is 31.1. The zero-order valence-electron chi connectivity index (χ0n) is 21.1. The first kappa shape index (κ1) is 23.6. The highest BCUT2D eigenvalue weighted by Crippen LogP contribution is 2.44. The van der Waals surface area contributed by atoms with Crippen molar-refractivity contribution in [1.29, 1.82) is 0 Å². The highest BCUT2D eigenvalue weighted by molar-refractivity contribution is 7.39. The molecule has 0 spiro atoms. The first-order valence-electron chi connectivity index (χ1n) is 13.0. The maximum atomic E-state index is 6.92. The van der Waals surface area contributed by atoms with Crippen LogP contribution in [-0.4, -0.2) is 6.04 Å². The van der Waals surface area contributed by atoms with Gasteiger partial charge in [-0.2, -0.15) is 4.67 Å². The second-order valence-corrected chi connectivity index (χ2v) is 11.1. The second-order valence-electron chi connectivity index (χ2n) is 9.72. The van der Waals surface area contributed by atoms with Gasteiger partial charge in [-0.05, 0) is 71.8 Å². The molecule has 1 aromatic heterocycles. The quantitative estimate of drug-likeness (QED) is 0.230. The second kappa shape index (κ2) is 9.98. The van der Waals surface area contributed by atoms with E-state index in [4.69, 9.17) is 8.39 Å². The predicted molar refractivity (Wildman–Crippen MR) is 160 cm³/mol. The zero-order chi connectivity index (χ0) is 25.5. The first-order chi connectivity index (χ1) is 18.8. The third kappa shape index (κ3) is 4.21. The molecular formula is C34H27NO2P. The van der Waals surface area contributed by atoms with Gasteiger partial charge in [-0.25, -0.2) is 0 Å². The summed E-state index contributed by atoms with van der Waals surface area (Å²) < 4.78 is 16.2. The molecule has 1 saturated carbocycles. The Morgan fingerprint density at radius 2 is 1.16 bits per heavy atom. The van der Waals surface area contributed by atoms with Gasteiger partial charge in [0.25, 0.3) is 0 Å². The minimum absolute atomic E-state index is 0.0993. The zero-order valence-corrected chi connectivity index (χ0v) is 22.0. The van der Waals surface area contributed by atoms with E-state index in [1.54, 1.807) is 0 Å². The minimum Gasteiger partial charge on any atom is -0.408 e. The van der Waals surface area contributed by atoms with Crippen molar-refractivity contribution in [2.24, 2.45) is 0 Å². The number of hydrogen-bond acceptors (Lipinski definition) is 3. The Morgan fingerprint density at radius 3 is 1.74 bits per heavy atom. The molecular weight excluding hydrogens is 485 g/mol. The van der Waals surface area contributed by atoms with Gasteiger partial charge in [0.2, 0.25) is 0 Å². The van der Waals surface area contributed by atoms with Crippen LogP contribution in [0.3, 0.4) is 0 Å². The van der Waals surface area contributed by atoms with Gasteiger partial charge in [0.1, 0.15) is 11.2 Å². The van der Waals surface area contributed by atoms with E-state index in [9.17, 15) is 0 Å². The highest BCUT2D eigenvalue weighted by Gasteiger charge is 2.31. The monoisotopic (exact) mass is 512 g/mol. The number of fused-ring (bicyclic) bond motifs is 7. The van der Waals surface area contributed by atoms with Crippen molar-refractivity contribution >= 4 is 51.6 Å². The van der Waals surface area contributed by atoms with Gasteiger partial charge in [0.15, 0.2) is 0 Å². The van der Waals surface area contributed by atoms with Gasteiger partial charge >= 0.3 is 8.16 Å². The van der Waals surface area contributed by atoms with E-state index >= 15 is 0 Å². The van der Waals surface area contributed by atoms with Crippen molar-refractivity contribution in [2.45, 2.75) is 19.5 Å². The molecule has 0 aliphatic heterocycles. The van der Waals surface area contributed by atoms with Crippen molar-refractivity contribution in [3.8, 4) is 0 Å². The molecule has 3 nitrogen and oxygen atoms in total. The summed E-state index contributed by atoms with van der Waals surface area (Å²) in [5.74, 6) is 1.25. The van der Waals surface area contributed by atoms with E-state index in [0.29, 0.717) is 6.54 Å². The third-order valence-electron chi connectivity index (χ3n) is 7.40. The Hall–Kier alpha value is -3.52. The molecule has 0 amide bonds. The predicted octanol–water partition coefficient (Wildman–Crippen LogP) is 9.53. The standard InChI is InChI=1S/C34H27NO2P/c1-24(26-13-5-6-14-26)35(23-25-11-3-2-4-12-25)38-36-31-21-19-27-15-7-9-17-29(27)33(31)34-30-18-10-8-16-28(30)20-22-32(34)37-38/h2-22,24H,23H2,1H3/t24-/m1/s1. The molecule has 1 aliphatic rings. The van der Waals surface area contributed by atoms with Crippen LogP contribution in [0.1, 0.15) is 12.5 Å². The summed E-state index contributed by atoms with van der Waals surface area (Å²) in [7, 11) is -1.48. The largest absolute Gasteiger partial charge is 0.408 e. The molecule has 185 valence electrons. The summed E-state index contributed by atoms with van der Waals surface area (Å²) >= 11 is 0. The lowest BCUT2D eigenvalue weighted by molar-refractivity contribution is 0.595. The summed E-state index contributed by atoms with van der Waals surface area (Å²) in [5, 5.41) is 6.90. The molecule has 0 unspecified atom stereocenters. The molecule has 0 N–H and O–H groups in total. The van der Waals surface area contributed by atoms with Crippen LogP contribution < -0.4 is 4.67 Å². The van der Waals surface area contributed by atoms with E-state index in [2.05, 4.69) is 140 Å². The Bertz CT molecular complexity index is 1690. The topological polar surface area (TPSA) is 29.5 Å².